The van der Waals surface area contributed by atoms with Gasteiger partial charge in [0, 0.05) is 80.6 Å². The molecule has 0 fully saturated rings. The summed E-state index contributed by atoms with van der Waals surface area (Å²) < 4.78 is 7.02. The highest BCUT2D eigenvalue weighted by atomic mass is 15.2. The number of aryl methyl sites for hydroxylation is 1. The van der Waals surface area contributed by atoms with Crippen molar-refractivity contribution in [1.29, 1.82) is 0 Å². The van der Waals surface area contributed by atoms with Gasteiger partial charge in [-0.2, -0.15) is 0 Å². The highest BCUT2D eigenvalue weighted by Crippen LogP contribution is 2.40. The van der Waals surface area contributed by atoms with Gasteiger partial charge in [-0.1, -0.05) is 84.9 Å². The molecule has 0 N–H and O–H groups in total. The summed E-state index contributed by atoms with van der Waals surface area (Å²) in [6.07, 6.45) is 16.1. The van der Waals surface area contributed by atoms with Gasteiger partial charge in [-0.25, -0.2) is 0 Å². The summed E-state index contributed by atoms with van der Waals surface area (Å²) in [6, 6.07) is 41.9. The minimum atomic E-state index is 0.0399. The van der Waals surface area contributed by atoms with Crippen LogP contribution >= 0.6 is 0 Å². The van der Waals surface area contributed by atoms with Gasteiger partial charge in [0.05, 0.1) is 0 Å². The van der Waals surface area contributed by atoms with E-state index in [0.717, 1.165) is 0 Å². The second kappa shape index (κ2) is 17.3. The van der Waals surface area contributed by atoms with Crippen LogP contribution in [-0.2, 0) is 18.4 Å². The predicted molar refractivity (Wildman–Crippen MR) is 244 cm³/mol. The Labute approximate surface area is 337 Å². The number of fused-ring (bicyclic) bond motifs is 6. The van der Waals surface area contributed by atoms with E-state index >= 15 is 0 Å². The monoisotopic (exact) mass is 745 g/mol. The first-order chi connectivity index (χ1) is 26.8. The standard InChI is InChI=1S/C18H19N.C15H15N.C12H19N.C7H11N/c1-18(2,3)19-16-10-6-4-8-14(16)12-13-15-9-5-7-11-17(15)19;1-11(2)16-14-9-5-3-7-12(14)13-8-4-6-10-15(13)16;1-12(2,3)13-9-8-10-6-4-5-7-11(10)13;1-7(2)8-5-3-4-6-8/h4-13H,1-3H3;3-11H,1-2H3;8-9H,4-7H2,1-3H3;3-7H,1-2H3. The Morgan fingerprint density at radius 1 is 0.482 bits per heavy atom. The quantitative estimate of drug-likeness (QED) is 0.172. The first-order valence-corrected chi connectivity index (χ1v) is 20.7. The molecule has 0 radical (unpaired) electrons. The minimum Gasteiger partial charge on any atom is -0.352 e. The SMILES string of the molecule is CC(C)(C)N1c2ccccc2C=Cc2ccccc21.CC(C)(C)n1ccc2c1CCCC2.CC(C)n1c2ccccc2c2ccccc21.CC(C)n1cccc1. The van der Waals surface area contributed by atoms with E-state index in [9.17, 15) is 0 Å². The van der Waals surface area contributed by atoms with Crippen LogP contribution in [0, 0.1) is 0 Å². The lowest BCUT2D eigenvalue weighted by Crippen LogP contribution is -2.38. The number of nitrogens with zero attached hydrogens (tertiary/aromatic N) is 4. The maximum Gasteiger partial charge on any atom is 0.0493 e. The van der Waals surface area contributed by atoms with E-state index in [1.54, 1.807) is 11.3 Å². The summed E-state index contributed by atoms with van der Waals surface area (Å²) in [5.41, 5.74) is 11.2. The summed E-state index contributed by atoms with van der Waals surface area (Å²) >= 11 is 0. The fraction of sp³-hybridized carbons (Fsp3) is 0.346. The van der Waals surface area contributed by atoms with E-state index in [0.29, 0.717) is 12.1 Å². The molecule has 3 aromatic heterocycles. The molecule has 4 heteroatoms. The summed E-state index contributed by atoms with van der Waals surface area (Å²) in [6.45, 7) is 22.4. The van der Waals surface area contributed by atoms with Crippen molar-refractivity contribution in [2.75, 3.05) is 4.90 Å². The zero-order chi connectivity index (χ0) is 40.0. The fourth-order valence-corrected chi connectivity index (χ4v) is 8.15. The molecule has 9 rings (SSSR count). The van der Waals surface area contributed by atoms with Gasteiger partial charge in [-0.05, 0) is 154 Å². The normalized spacial score (nSPS) is 13.5. The lowest BCUT2D eigenvalue weighted by Gasteiger charge is -2.38. The number of hydrogen-bond donors (Lipinski definition) is 0. The van der Waals surface area contributed by atoms with E-state index in [1.807, 2.05) is 12.1 Å². The summed E-state index contributed by atoms with van der Waals surface area (Å²) in [5, 5.41) is 2.71. The molecule has 4 nitrogen and oxygen atoms in total. The van der Waals surface area contributed by atoms with Crippen LogP contribution in [0.4, 0.5) is 11.4 Å². The Bertz CT molecular complexity index is 2250. The van der Waals surface area contributed by atoms with Crippen molar-refractivity contribution in [3.05, 3.63) is 156 Å². The summed E-state index contributed by atoms with van der Waals surface area (Å²) in [5.74, 6) is 0. The van der Waals surface area contributed by atoms with E-state index in [4.69, 9.17) is 0 Å². The highest BCUT2D eigenvalue weighted by Gasteiger charge is 2.27. The zero-order valence-electron chi connectivity index (χ0n) is 35.6. The second-order valence-electron chi connectivity index (χ2n) is 17.7. The van der Waals surface area contributed by atoms with Gasteiger partial charge in [0.25, 0.3) is 0 Å². The van der Waals surface area contributed by atoms with Gasteiger partial charge < -0.3 is 18.6 Å². The number of para-hydroxylation sites is 4. The Morgan fingerprint density at radius 3 is 1.43 bits per heavy atom. The van der Waals surface area contributed by atoms with E-state index in [1.165, 1.54) is 70.0 Å². The summed E-state index contributed by atoms with van der Waals surface area (Å²) in [4.78, 5) is 2.43. The molecular formula is C52H64N4. The first-order valence-electron chi connectivity index (χ1n) is 20.7. The van der Waals surface area contributed by atoms with Gasteiger partial charge in [-0.3, -0.25) is 0 Å². The van der Waals surface area contributed by atoms with Crippen LogP contribution in [0.5, 0.6) is 0 Å². The largest absolute Gasteiger partial charge is 0.352 e. The molecule has 0 spiro atoms. The van der Waals surface area contributed by atoms with Gasteiger partial charge in [0.15, 0.2) is 0 Å². The predicted octanol–water partition coefficient (Wildman–Crippen LogP) is 14.7. The van der Waals surface area contributed by atoms with E-state index < -0.39 is 0 Å². The van der Waals surface area contributed by atoms with Gasteiger partial charge in [-0.15, -0.1) is 0 Å². The highest BCUT2D eigenvalue weighted by molar-refractivity contribution is 6.08. The van der Waals surface area contributed by atoms with Crippen molar-refractivity contribution in [2.24, 2.45) is 0 Å². The number of hydrogen-bond acceptors (Lipinski definition) is 1. The molecule has 56 heavy (non-hydrogen) atoms. The maximum atomic E-state index is 2.45. The molecule has 2 aliphatic rings. The molecule has 4 heterocycles. The number of anilines is 2. The van der Waals surface area contributed by atoms with Crippen molar-refractivity contribution < 1.29 is 0 Å². The third kappa shape index (κ3) is 9.07. The Balaban J connectivity index is 0.000000132. The molecular weight excluding hydrogens is 681 g/mol. The van der Waals surface area contributed by atoms with Crippen molar-refractivity contribution in [3.63, 3.8) is 0 Å². The third-order valence-corrected chi connectivity index (χ3v) is 10.7. The molecule has 0 atom stereocenters. The van der Waals surface area contributed by atoms with E-state index in [-0.39, 0.29) is 11.1 Å². The number of benzene rings is 4. The van der Waals surface area contributed by atoms with Crippen LogP contribution in [0.3, 0.4) is 0 Å². The minimum absolute atomic E-state index is 0.0399. The number of aromatic nitrogens is 3. The van der Waals surface area contributed by atoms with Crippen LogP contribution in [-0.4, -0.2) is 19.2 Å². The molecule has 0 unspecified atom stereocenters. The zero-order valence-corrected chi connectivity index (χ0v) is 35.6. The van der Waals surface area contributed by atoms with Crippen molar-refractivity contribution in [2.45, 2.75) is 118 Å². The van der Waals surface area contributed by atoms with Crippen LogP contribution in [0.15, 0.2) is 134 Å². The first kappa shape index (κ1) is 40.4. The van der Waals surface area contributed by atoms with Gasteiger partial charge >= 0.3 is 0 Å². The smallest absolute Gasteiger partial charge is 0.0493 e. The molecule has 0 saturated heterocycles. The van der Waals surface area contributed by atoms with Crippen molar-refractivity contribution >= 4 is 45.3 Å². The summed E-state index contributed by atoms with van der Waals surface area (Å²) in [7, 11) is 0. The van der Waals surface area contributed by atoms with Gasteiger partial charge in [0.2, 0.25) is 0 Å². The van der Waals surface area contributed by atoms with Crippen LogP contribution < -0.4 is 4.90 Å². The van der Waals surface area contributed by atoms with Gasteiger partial charge in [0.1, 0.15) is 0 Å². The molecule has 7 aromatic rings. The topological polar surface area (TPSA) is 18.0 Å². The Hall–Kier alpha value is -5.22. The molecule has 1 aliphatic carbocycles. The van der Waals surface area contributed by atoms with Crippen molar-refractivity contribution in [1.82, 2.24) is 13.7 Å². The molecule has 292 valence electrons. The molecule has 0 saturated carbocycles. The average molecular weight is 745 g/mol. The Kier molecular flexibility index (Phi) is 12.5. The average Bonchev–Trinajstić information content (AvgIpc) is 3.92. The fourth-order valence-electron chi connectivity index (χ4n) is 8.15. The lowest BCUT2D eigenvalue weighted by molar-refractivity contribution is 0.380. The molecule has 0 amide bonds. The van der Waals surface area contributed by atoms with Crippen molar-refractivity contribution in [3.8, 4) is 0 Å². The maximum absolute atomic E-state index is 2.45. The lowest BCUT2D eigenvalue weighted by atomic mass is 9.97. The second-order valence-corrected chi connectivity index (χ2v) is 17.7. The Morgan fingerprint density at radius 2 is 0.964 bits per heavy atom. The molecule has 0 bridgehead atoms. The molecule has 1 aliphatic heterocycles. The van der Waals surface area contributed by atoms with Crippen LogP contribution in [0.1, 0.15) is 117 Å². The number of rotatable bonds is 2. The van der Waals surface area contributed by atoms with Crippen LogP contribution in [0.2, 0.25) is 0 Å². The third-order valence-electron chi connectivity index (χ3n) is 10.7. The molecule has 4 aromatic carbocycles. The van der Waals surface area contributed by atoms with Crippen LogP contribution in [0.25, 0.3) is 34.0 Å². The van der Waals surface area contributed by atoms with E-state index in [2.05, 4.69) is 222 Å².